The van der Waals surface area contributed by atoms with Crippen LogP contribution < -0.4 is 10.5 Å². The van der Waals surface area contributed by atoms with Crippen LogP contribution in [0.4, 0.5) is 0 Å². The summed E-state index contributed by atoms with van der Waals surface area (Å²) in [5.74, 6) is 1.57. The molecule has 1 fully saturated rings. The number of hydrogen-bond donors (Lipinski definition) is 1. The second kappa shape index (κ2) is 4.61. The molecule has 0 saturated heterocycles. The molecule has 3 atom stereocenters. The maximum Gasteiger partial charge on any atom is 0.237 e. The second-order valence-corrected chi connectivity index (χ2v) is 5.11. The van der Waals surface area contributed by atoms with Gasteiger partial charge in [0.1, 0.15) is 5.69 Å². The molecule has 4 nitrogen and oxygen atoms in total. The van der Waals surface area contributed by atoms with Crippen LogP contribution in [0.1, 0.15) is 38.8 Å². The van der Waals surface area contributed by atoms with Crippen molar-refractivity contribution in [2.75, 3.05) is 7.11 Å². The molecule has 1 aromatic heterocycles. The van der Waals surface area contributed by atoms with Gasteiger partial charge in [-0.05, 0) is 18.3 Å². The predicted octanol–water partition coefficient (Wildman–Crippen LogP) is 2.10. The van der Waals surface area contributed by atoms with Crippen LogP contribution in [0, 0.1) is 11.8 Å². The molecular formula is C13H21N3O. The molecule has 94 valence electrons. The van der Waals surface area contributed by atoms with E-state index in [2.05, 4.69) is 23.8 Å². The lowest BCUT2D eigenvalue weighted by atomic mass is 9.67. The van der Waals surface area contributed by atoms with E-state index in [-0.39, 0.29) is 0 Å². The first kappa shape index (κ1) is 12.3. The SMILES string of the molecule is COc1nccnc1C1(N)CCCC(C)C1C. The summed E-state index contributed by atoms with van der Waals surface area (Å²) in [5, 5.41) is 0. The van der Waals surface area contributed by atoms with Gasteiger partial charge in [0.05, 0.1) is 12.6 Å². The lowest BCUT2D eigenvalue weighted by Crippen LogP contribution is -2.49. The number of rotatable bonds is 2. The van der Waals surface area contributed by atoms with Crippen molar-refractivity contribution in [2.24, 2.45) is 17.6 Å². The molecule has 0 bridgehead atoms. The average molecular weight is 235 g/mol. The Morgan fingerprint density at radius 3 is 2.76 bits per heavy atom. The molecular weight excluding hydrogens is 214 g/mol. The molecule has 17 heavy (non-hydrogen) atoms. The Bertz CT molecular complexity index is 396. The van der Waals surface area contributed by atoms with Gasteiger partial charge < -0.3 is 10.5 Å². The number of nitrogens with two attached hydrogens (primary N) is 1. The number of ether oxygens (including phenoxy) is 1. The summed E-state index contributed by atoms with van der Waals surface area (Å²) < 4.78 is 5.29. The van der Waals surface area contributed by atoms with Crippen molar-refractivity contribution in [3.63, 3.8) is 0 Å². The van der Waals surface area contributed by atoms with Gasteiger partial charge in [0.25, 0.3) is 0 Å². The maximum absolute atomic E-state index is 6.61. The van der Waals surface area contributed by atoms with Gasteiger partial charge in [0, 0.05) is 12.4 Å². The average Bonchev–Trinajstić information content (AvgIpc) is 2.36. The smallest absolute Gasteiger partial charge is 0.237 e. The fourth-order valence-electron chi connectivity index (χ4n) is 2.83. The first-order chi connectivity index (χ1) is 8.09. The van der Waals surface area contributed by atoms with Crippen molar-refractivity contribution >= 4 is 0 Å². The first-order valence-corrected chi connectivity index (χ1v) is 6.24. The number of hydrogen-bond acceptors (Lipinski definition) is 4. The summed E-state index contributed by atoms with van der Waals surface area (Å²) in [7, 11) is 1.62. The third-order valence-corrected chi connectivity index (χ3v) is 4.21. The molecule has 0 radical (unpaired) electrons. The van der Waals surface area contributed by atoms with E-state index in [1.54, 1.807) is 19.5 Å². The van der Waals surface area contributed by atoms with Gasteiger partial charge in [-0.3, -0.25) is 4.98 Å². The number of aromatic nitrogens is 2. The van der Waals surface area contributed by atoms with Crippen molar-refractivity contribution in [2.45, 2.75) is 38.6 Å². The highest BCUT2D eigenvalue weighted by Crippen LogP contribution is 2.43. The molecule has 0 aromatic carbocycles. The second-order valence-electron chi connectivity index (χ2n) is 5.11. The van der Waals surface area contributed by atoms with Crippen molar-refractivity contribution in [1.82, 2.24) is 9.97 Å². The summed E-state index contributed by atoms with van der Waals surface area (Å²) in [4.78, 5) is 8.63. The molecule has 3 unspecified atom stereocenters. The number of nitrogens with zero attached hydrogens (tertiary/aromatic N) is 2. The highest BCUT2D eigenvalue weighted by atomic mass is 16.5. The van der Waals surface area contributed by atoms with Crippen LogP contribution in [-0.2, 0) is 5.54 Å². The van der Waals surface area contributed by atoms with E-state index in [1.807, 2.05) is 0 Å². The number of methoxy groups -OCH3 is 1. The van der Waals surface area contributed by atoms with Crippen molar-refractivity contribution < 1.29 is 4.74 Å². The van der Waals surface area contributed by atoms with E-state index in [4.69, 9.17) is 10.5 Å². The van der Waals surface area contributed by atoms with Crippen LogP contribution in [0.15, 0.2) is 12.4 Å². The fourth-order valence-corrected chi connectivity index (χ4v) is 2.83. The third-order valence-electron chi connectivity index (χ3n) is 4.21. The van der Waals surface area contributed by atoms with E-state index >= 15 is 0 Å². The van der Waals surface area contributed by atoms with Gasteiger partial charge >= 0.3 is 0 Å². The fraction of sp³-hybridized carbons (Fsp3) is 0.692. The van der Waals surface area contributed by atoms with Gasteiger partial charge in [0.2, 0.25) is 5.88 Å². The minimum Gasteiger partial charge on any atom is -0.480 e. The van der Waals surface area contributed by atoms with E-state index in [1.165, 1.54) is 6.42 Å². The third kappa shape index (κ3) is 2.02. The Balaban J connectivity index is 2.42. The lowest BCUT2D eigenvalue weighted by Gasteiger charge is -2.42. The standard InChI is InChI=1S/C13H21N3O/c1-9-5-4-6-13(14,10(9)2)11-12(17-3)16-8-7-15-11/h7-10H,4-6,14H2,1-3H3. The summed E-state index contributed by atoms with van der Waals surface area (Å²) in [6.45, 7) is 4.46. The molecule has 1 aromatic rings. The van der Waals surface area contributed by atoms with Crippen LogP contribution in [0.5, 0.6) is 5.88 Å². The van der Waals surface area contributed by atoms with Crippen molar-refractivity contribution in [1.29, 1.82) is 0 Å². The van der Waals surface area contributed by atoms with Gasteiger partial charge in [-0.15, -0.1) is 0 Å². The predicted molar refractivity (Wildman–Crippen MR) is 66.6 cm³/mol. The van der Waals surface area contributed by atoms with Crippen molar-refractivity contribution in [3.05, 3.63) is 18.1 Å². The maximum atomic E-state index is 6.61. The van der Waals surface area contributed by atoms with E-state index in [0.29, 0.717) is 17.7 Å². The first-order valence-electron chi connectivity index (χ1n) is 6.24. The van der Waals surface area contributed by atoms with Crippen LogP contribution in [0.3, 0.4) is 0 Å². The van der Waals surface area contributed by atoms with Crippen LogP contribution in [-0.4, -0.2) is 17.1 Å². The Kier molecular flexibility index (Phi) is 3.33. The van der Waals surface area contributed by atoms with Crippen molar-refractivity contribution in [3.8, 4) is 5.88 Å². The highest BCUT2D eigenvalue weighted by molar-refractivity contribution is 5.27. The molecule has 0 aliphatic heterocycles. The molecule has 0 amide bonds. The van der Waals surface area contributed by atoms with E-state index in [9.17, 15) is 0 Å². The lowest BCUT2D eigenvalue weighted by molar-refractivity contribution is 0.135. The van der Waals surface area contributed by atoms with Gasteiger partial charge in [-0.1, -0.05) is 26.7 Å². The van der Waals surface area contributed by atoms with Crippen LogP contribution in [0.2, 0.25) is 0 Å². The Labute approximate surface area is 103 Å². The van der Waals surface area contributed by atoms with Crippen LogP contribution in [0.25, 0.3) is 0 Å². The Morgan fingerprint density at radius 2 is 2.06 bits per heavy atom. The molecule has 2 rings (SSSR count). The normalized spacial score (nSPS) is 33.4. The zero-order valence-electron chi connectivity index (χ0n) is 10.8. The quantitative estimate of drug-likeness (QED) is 0.852. The molecule has 2 N–H and O–H groups in total. The highest BCUT2D eigenvalue weighted by Gasteiger charge is 2.42. The summed E-state index contributed by atoms with van der Waals surface area (Å²) in [6, 6.07) is 0. The van der Waals surface area contributed by atoms with E-state index < -0.39 is 5.54 Å². The molecule has 1 aliphatic rings. The molecule has 1 saturated carbocycles. The van der Waals surface area contributed by atoms with Gasteiger partial charge in [-0.2, -0.15) is 0 Å². The molecule has 4 heteroatoms. The van der Waals surface area contributed by atoms with Crippen LogP contribution >= 0.6 is 0 Å². The zero-order chi connectivity index (χ0) is 12.5. The Morgan fingerprint density at radius 1 is 1.35 bits per heavy atom. The minimum atomic E-state index is -0.405. The minimum absolute atomic E-state index is 0.391. The monoisotopic (exact) mass is 235 g/mol. The summed E-state index contributed by atoms with van der Waals surface area (Å²) >= 11 is 0. The largest absolute Gasteiger partial charge is 0.480 e. The topological polar surface area (TPSA) is 61.0 Å². The Hall–Kier alpha value is -1.16. The van der Waals surface area contributed by atoms with Gasteiger partial charge in [0.15, 0.2) is 0 Å². The molecule has 0 spiro atoms. The summed E-state index contributed by atoms with van der Waals surface area (Å²) in [6.07, 6.45) is 6.67. The van der Waals surface area contributed by atoms with E-state index in [0.717, 1.165) is 18.5 Å². The summed E-state index contributed by atoms with van der Waals surface area (Å²) in [5.41, 5.74) is 7.01. The molecule has 1 aliphatic carbocycles. The van der Waals surface area contributed by atoms with Gasteiger partial charge in [-0.25, -0.2) is 4.98 Å². The molecule has 1 heterocycles. The zero-order valence-corrected chi connectivity index (χ0v) is 10.8.